The van der Waals surface area contributed by atoms with E-state index in [9.17, 15) is 9.18 Å². The number of ether oxygens (including phenoxy) is 1. The maximum Gasteiger partial charge on any atom is 0.234 e. The Kier molecular flexibility index (Phi) is 5.96. The van der Waals surface area contributed by atoms with Crippen LogP contribution in [0.2, 0.25) is 0 Å². The van der Waals surface area contributed by atoms with E-state index in [0.29, 0.717) is 12.6 Å². The largest absolute Gasteiger partial charge is 0.381 e. The van der Waals surface area contributed by atoms with Crippen LogP contribution in [0.1, 0.15) is 25.3 Å². The molecule has 2 rings (SSSR count). The van der Waals surface area contributed by atoms with Crippen molar-refractivity contribution in [1.82, 2.24) is 4.90 Å². The molecule has 1 fully saturated rings. The fourth-order valence-corrected chi connectivity index (χ4v) is 2.94. The molecule has 0 spiro atoms. The van der Waals surface area contributed by atoms with Crippen molar-refractivity contribution in [3.63, 3.8) is 0 Å². The smallest absolute Gasteiger partial charge is 0.234 e. The minimum Gasteiger partial charge on any atom is -0.381 e. The van der Waals surface area contributed by atoms with Gasteiger partial charge in [0.15, 0.2) is 0 Å². The summed E-state index contributed by atoms with van der Waals surface area (Å²) in [5, 5.41) is 0. The number of nitrogens with zero attached hydrogens (tertiary/aromatic N) is 2. The number of likely N-dealkylation sites (N-methyl/N-ethyl adjacent to an activating group) is 1. The van der Waals surface area contributed by atoms with Crippen LogP contribution in [-0.4, -0.2) is 50.2 Å². The fourth-order valence-electron chi connectivity index (χ4n) is 2.94. The van der Waals surface area contributed by atoms with Gasteiger partial charge >= 0.3 is 0 Å². The second-order valence-electron chi connectivity index (χ2n) is 6.19. The van der Waals surface area contributed by atoms with E-state index in [4.69, 9.17) is 10.5 Å². The van der Waals surface area contributed by atoms with Crippen LogP contribution in [-0.2, 0) is 16.1 Å². The summed E-state index contributed by atoms with van der Waals surface area (Å²) in [7, 11) is 3.56. The molecule has 5 nitrogen and oxygen atoms in total. The molecule has 1 aliphatic rings. The van der Waals surface area contributed by atoms with Crippen LogP contribution < -0.4 is 10.6 Å². The van der Waals surface area contributed by atoms with Crippen LogP contribution in [0.5, 0.6) is 0 Å². The normalized spacial score (nSPS) is 17.5. The van der Waals surface area contributed by atoms with E-state index in [1.807, 2.05) is 18.0 Å². The molecule has 0 aliphatic carbocycles. The number of piperidine rings is 1. The van der Waals surface area contributed by atoms with Gasteiger partial charge in [0.2, 0.25) is 5.91 Å². The van der Waals surface area contributed by atoms with Gasteiger partial charge in [0.1, 0.15) is 5.82 Å². The first-order valence-electron chi connectivity index (χ1n) is 7.98. The van der Waals surface area contributed by atoms with Crippen molar-refractivity contribution < 1.29 is 13.9 Å². The van der Waals surface area contributed by atoms with Gasteiger partial charge in [-0.25, -0.2) is 4.39 Å². The van der Waals surface area contributed by atoms with Crippen molar-refractivity contribution in [2.45, 2.75) is 38.5 Å². The number of rotatable bonds is 6. The number of methoxy groups -OCH3 is 1. The van der Waals surface area contributed by atoms with Crippen molar-refractivity contribution in [3.8, 4) is 0 Å². The summed E-state index contributed by atoms with van der Waals surface area (Å²) in [4.78, 5) is 15.4. The zero-order valence-electron chi connectivity index (χ0n) is 14.1. The lowest BCUT2D eigenvalue weighted by Gasteiger charge is -2.35. The summed E-state index contributed by atoms with van der Waals surface area (Å²) in [5.74, 6) is -0.651. The van der Waals surface area contributed by atoms with E-state index in [1.54, 1.807) is 20.1 Å². The number of primary amides is 1. The predicted octanol–water partition coefficient (Wildman–Crippen LogP) is 1.75. The molecule has 1 amide bonds. The molecule has 0 radical (unpaired) electrons. The molecule has 1 heterocycles. The van der Waals surface area contributed by atoms with Gasteiger partial charge in [-0.3, -0.25) is 9.69 Å². The van der Waals surface area contributed by atoms with E-state index < -0.39 is 6.04 Å². The van der Waals surface area contributed by atoms with E-state index in [-0.39, 0.29) is 11.7 Å². The standard InChI is InChI=1S/C17H26FN3O2/c1-12(17(19)22)20(2)11-13-10-14(18)4-5-16(13)21-8-6-15(23-3)7-9-21/h4-5,10,12,15H,6-9,11H2,1-3H3,(H2,19,22)/t12-/m0/s1. The predicted molar refractivity (Wildman–Crippen MR) is 88.8 cm³/mol. The number of amides is 1. The SMILES string of the molecule is COC1CCN(c2ccc(F)cc2CN(C)[C@@H](C)C(N)=O)CC1. The number of carbonyl (C=O) groups is 1. The highest BCUT2D eigenvalue weighted by Gasteiger charge is 2.22. The Morgan fingerprint density at radius 1 is 1.48 bits per heavy atom. The van der Waals surface area contributed by atoms with Crippen LogP contribution in [0.4, 0.5) is 10.1 Å². The molecule has 1 saturated heterocycles. The Morgan fingerprint density at radius 3 is 2.70 bits per heavy atom. The van der Waals surface area contributed by atoms with Crippen LogP contribution in [0, 0.1) is 5.82 Å². The monoisotopic (exact) mass is 323 g/mol. The van der Waals surface area contributed by atoms with Crippen LogP contribution in [0.25, 0.3) is 0 Å². The van der Waals surface area contributed by atoms with Crippen LogP contribution >= 0.6 is 0 Å². The van der Waals surface area contributed by atoms with Gasteiger partial charge in [-0.2, -0.15) is 0 Å². The molecule has 23 heavy (non-hydrogen) atoms. The van der Waals surface area contributed by atoms with E-state index >= 15 is 0 Å². The average molecular weight is 323 g/mol. The molecular formula is C17H26FN3O2. The zero-order chi connectivity index (χ0) is 17.0. The molecular weight excluding hydrogens is 297 g/mol. The third-order valence-electron chi connectivity index (χ3n) is 4.65. The van der Waals surface area contributed by atoms with Crippen molar-refractivity contribution in [3.05, 3.63) is 29.6 Å². The van der Waals surface area contributed by atoms with Gasteiger partial charge in [-0.05, 0) is 50.6 Å². The Hall–Kier alpha value is -1.66. The molecule has 0 aromatic heterocycles. The van der Waals surface area contributed by atoms with E-state index in [2.05, 4.69) is 4.90 Å². The molecule has 1 aromatic carbocycles. The molecule has 1 aliphatic heterocycles. The Balaban J connectivity index is 2.16. The zero-order valence-corrected chi connectivity index (χ0v) is 14.1. The molecule has 0 saturated carbocycles. The third-order valence-corrected chi connectivity index (χ3v) is 4.65. The fraction of sp³-hybridized carbons (Fsp3) is 0.588. The Morgan fingerprint density at radius 2 is 2.13 bits per heavy atom. The lowest BCUT2D eigenvalue weighted by molar-refractivity contribution is -0.122. The van der Waals surface area contributed by atoms with Crippen molar-refractivity contribution >= 4 is 11.6 Å². The highest BCUT2D eigenvalue weighted by atomic mass is 19.1. The first-order chi connectivity index (χ1) is 10.9. The second-order valence-corrected chi connectivity index (χ2v) is 6.19. The Bertz CT molecular complexity index is 545. The number of nitrogens with two attached hydrogens (primary N) is 1. The lowest BCUT2D eigenvalue weighted by Crippen LogP contribution is -2.41. The summed E-state index contributed by atoms with van der Waals surface area (Å²) in [5.41, 5.74) is 7.24. The second kappa shape index (κ2) is 7.75. The number of benzene rings is 1. The van der Waals surface area contributed by atoms with Crippen molar-refractivity contribution in [1.29, 1.82) is 0 Å². The molecule has 1 aromatic rings. The topological polar surface area (TPSA) is 58.8 Å². The summed E-state index contributed by atoms with van der Waals surface area (Å²) in [6.45, 7) is 3.99. The molecule has 1 atom stereocenters. The molecule has 0 bridgehead atoms. The van der Waals surface area contributed by atoms with Gasteiger partial charge in [0.25, 0.3) is 0 Å². The van der Waals surface area contributed by atoms with Gasteiger partial charge in [0.05, 0.1) is 12.1 Å². The first-order valence-corrected chi connectivity index (χ1v) is 7.98. The molecule has 128 valence electrons. The number of hydrogen-bond donors (Lipinski definition) is 1. The van der Waals surface area contributed by atoms with Gasteiger partial charge in [-0.1, -0.05) is 0 Å². The van der Waals surface area contributed by atoms with Crippen molar-refractivity contribution in [2.24, 2.45) is 5.73 Å². The summed E-state index contributed by atoms with van der Waals surface area (Å²) in [6.07, 6.45) is 2.22. The van der Waals surface area contributed by atoms with Crippen molar-refractivity contribution in [2.75, 3.05) is 32.1 Å². The summed E-state index contributed by atoms with van der Waals surface area (Å²) < 4.78 is 19.1. The number of carbonyl (C=O) groups excluding carboxylic acids is 1. The van der Waals surface area contributed by atoms with Crippen LogP contribution in [0.15, 0.2) is 18.2 Å². The molecule has 2 N–H and O–H groups in total. The molecule has 6 heteroatoms. The van der Waals surface area contributed by atoms with Gasteiger partial charge in [0, 0.05) is 32.4 Å². The van der Waals surface area contributed by atoms with E-state index in [1.165, 1.54) is 6.07 Å². The average Bonchev–Trinajstić information content (AvgIpc) is 2.54. The quantitative estimate of drug-likeness (QED) is 0.866. The summed E-state index contributed by atoms with van der Waals surface area (Å²) in [6, 6.07) is 4.45. The first kappa shape index (κ1) is 17.7. The van der Waals surface area contributed by atoms with Gasteiger partial charge < -0.3 is 15.4 Å². The van der Waals surface area contributed by atoms with E-state index in [0.717, 1.165) is 37.2 Å². The third kappa shape index (κ3) is 4.42. The summed E-state index contributed by atoms with van der Waals surface area (Å²) >= 11 is 0. The number of hydrogen-bond acceptors (Lipinski definition) is 4. The molecule has 0 unspecified atom stereocenters. The Labute approximate surface area is 137 Å². The minimum absolute atomic E-state index is 0.268. The lowest BCUT2D eigenvalue weighted by atomic mass is 10.0. The van der Waals surface area contributed by atoms with Gasteiger partial charge in [-0.15, -0.1) is 0 Å². The maximum absolute atomic E-state index is 13.7. The maximum atomic E-state index is 13.7. The highest BCUT2D eigenvalue weighted by Crippen LogP contribution is 2.27. The number of halogens is 1. The number of anilines is 1. The highest BCUT2D eigenvalue weighted by molar-refractivity contribution is 5.79. The van der Waals surface area contributed by atoms with Crippen LogP contribution in [0.3, 0.4) is 0 Å². The minimum atomic E-state index is -0.398.